The lowest BCUT2D eigenvalue weighted by atomic mass is 9.97. The Hall–Kier alpha value is -0.970. The first-order valence-electron chi connectivity index (χ1n) is 7.80. The van der Waals surface area contributed by atoms with Crippen molar-refractivity contribution in [2.75, 3.05) is 13.2 Å². The Labute approximate surface area is 140 Å². The van der Waals surface area contributed by atoms with Crippen LogP contribution in [0.4, 0.5) is 0 Å². The van der Waals surface area contributed by atoms with Gasteiger partial charge in [-0.2, -0.15) is 0 Å². The summed E-state index contributed by atoms with van der Waals surface area (Å²) >= 11 is 3.61. The Morgan fingerprint density at radius 2 is 2.05 bits per heavy atom. The molecule has 0 aromatic heterocycles. The Morgan fingerprint density at radius 1 is 1.32 bits per heavy atom. The van der Waals surface area contributed by atoms with Crippen molar-refractivity contribution in [1.29, 1.82) is 0 Å². The van der Waals surface area contributed by atoms with E-state index in [1.54, 1.807) is 0 Å². The van der Waals surface area contributed by atoms with Crippen LogP contribution in [0.2, 0.25) is 0 Å². The average Bonchev–Trinajstić information content (AvgIpc) is 2.53. The Morgan fingerprint density at radius 3 is 2.73 bits per heavy atom. The molecule has 0 bridgehead atoms. The van der Waals surface area contributed by atoms with Crippen molar-refractivity contribution in [2.45, 2.75) is 45.3 Å². The minimum absolute atomic E-state index is 0.00247. The van der Waals surface area contributed by atoms with Crippen LogP contribution in [0.15, 0.2) is 34.8 Å². The topological polar surface area (TPSA) is 35.5 Å². The minimum Gasteiger partial charge on any atom is -0.344 e. The molecular weight excluding hydrogens is 344 g/mol. The molecule has 120 valence electrons. The summed E-state index contributed by atoms with van der Waals surface area (Å²) in [5.74, 6) is 0.0689. The van der Waals surface area contributed by atoms with Crippen LogP contribution in [-0.2, 0) is 20.7 Å². The van der Waals surface area contributed by atoms with Crippen molar-refractivity contribution in [3.63, 3.8) is 0 Å². The van der Waals surface area contributed by atoms with Crippen molar-refractivity contribution < 1.29 is 14.3 Å². The van der Waals surface area contributed by atoms with Crippen LogP contribution in [-0.4, -0.2) is 25.3 Å². The van der Waals surface area contributed by atoms with Gasteiger partial charge in [0.25, 0.3) is 0 Å². The number of carbonyl (C=O) groups is 1. The SMILES string of the molecule is CCC/C=C\Cc1ccc(Br)c(C(C)C2OCC(=O)CO2)c1. The number of unbranched alkanes of at least 4 members (excludes halogenated alkanes) is 1. The first kappa shape index (κ1) is 17.4. The molecule has 0 spiro atoms. The number of Topliss-reactive ketones (excluding diaryl/α,β-unsaturated/α-hetero) is 1. The molecule has 0 saturated carbocycles. The molecular formula is C18H23BrO3. The number of hydrogen-bond donors (Lipinski definition) is 0. The summed E-state index contributed by atoms with van der Waals surface area (Å²) in [6, 6.07) is 6.39. The third-order valence-corrected chi connectivity index (χ3v) is 4.47. The molecule has 1 aromatic rings. The number of allylic oxidation sites excluding steroid dienone is 2. The summed E-state index contributed by atoms with van der Waals surface area (Å²) in [5, 5.41) is 0. The number of halogens is 1. The minimum atomic E-state index is -0.361. The summed E-state index contributed by atoms with van der Waals surface area (Å²) in [7, 11) is 0. The third kappa shape index (κ3) is 4.77. The highest BCUT2D eigenvalue weighted by Crippen LogP contribution is 2.31. The lowest BCUT2D eigenvalue weighted by Crippen LogP contribution is -2.35. The second kappa shape index (κ2) is 8.61. The summed E-state index contributed by atoms with van der Waals surface area (Å²) in [6.45, 7) is 4.54. The fourth-order valence-electron chi connectivity index (χ4n) is 2.45. The molecule has 3 nitrogen and oxygen atoms in total. The van der Waals surface area contributed by atoms with Gasteiger partial charge in [0.1, 0.15) is 13.2 Å². The molecule has 0 aliphatic carbocycles. The van der Waals surface area contributed by atoms with Crippen molar-refractivity contribution >= 4 is 21.7 Å². The largest absolute Gasteiger partial charge is 0.344 e. The molecule has 1 fully saturated rings. The molecule has 0 N–H and O–H groups in total. The molecule has 1 aliphatic rings. The number of rotatable bonds is 6. The number of hydrogen-bond acceptors (Lipinski definition) is 3. The molecule has 1 saturated heterocycles. The average molecular weight is 367 g/mol. The smallest absolute Gasteiger partial charge is 0.184 e. The second-order valence-corrected chi connectivity index (χ2v) is 6.49. The maximum absolute atomic E-state index is 11.2. The van der Waals surface area contributed by atoms with Crippen LogP contribution in [0.5, 0.6) is 0 Å². The predicted molar refractivity (Wildman–Crippen MR) is 91.0 cm³/mol. The monoisotopic (exact) mass is 366 g/mol. The first-order valence-corrected chi connectivity index (χ1v) is 8.59. The van der Waals surface area contributed by atoms with E-state index < -0.39 is 0 Å². The van der Waals surface area contributed by atoms with Crippen LogP contribution in [0.25, 0.3) is 0 Å². The number of ketones is 1. The van der Waals surface area contributed by atoms with E-state index in [0.717, 1.165) is 22.9 Å². The zero-order chi connectivity index (χ0) is 15.9. The Kier molecular flexibility index (Phi) is 6.80. The maximum atomic E-state index is 11.2. The van der Waals surface area contributed by atoms with Gasteiger partial charge in [-0.1, -0.05) is 60.5 Å². The summed E-state index contributed by atoms with van der Waals surface area (Å²) < 4.78 is 12.1. The maximum Gasteiger partial charge on any atom is 0.184 e. The van der Waals surface area contributed by atoms with E-state index in [4.69, 9.17) is 9.47 Å². The van der Waals surface area contributed by atoms with Crippen molar-refractivity contribution in [1.82, 2.24) is 0 Å². The number of ether oxygens (including phenoxy) is 2. The van der Waals surface area contributed by atoms with Gasteiger partial charge in [0.05, 0.1) is 0 Å². The van der Waals surface area contributed by atoms with Crippen LogP contribution < -0.4 is 0 Å². The van der Waals surface area contributed by atoms with Crippen LogP contribution in [0, 0.1) is 0 Å². The standard InChI is InChI=1S/C18H23BrO3/c1-3-4-5-6-7-14-8-9-17(19)16(10-14)13(2)18-21-11-15(20)12-22-18/h5-6,8-10,13,18H,3-4,7,11-12H2,1-2H3/b6-5-. The van der Waals surface area contributed by atoms with Crippen molar-refractivity contribution in [2.24, 2.45) is 0 Å². The normalized spacial score (nSPS) is 18.0. The third-order valence-electron chi connectivity index (χ3n) is 3.75. The fraction of sp³-hybridized carbons (Fsp3) is 0.500. The zero-order valence-corrected chi connectivity index (χ0v) is 14.8. The molecule has 4 heteroatoms. The molecule has 1 atom stereocenters. The van der Waals surface area contributed by atoms with Gasteiger partial charge in [0.15, 0.2) is 12.1 Å². The van der Waals surface area contributed by atoms with Gasteiger partial charge >= 0.3 is 0 Å². The Balaban J connectivity index is 2.07. The number of carbonyl (C=O) groups excluding carboxylic acids is 1. The molecule has 22 heavy (non-hydrogen) atoms. The molecule has 1 aromatic carbocycles. The van der Waals surface area contributed by atoms with E-state index in [0.29, 0.717) is 0 Å². The van der Waals surface area contributed by atoms with E-state index >= 15 is 0 Å². The van der Waals surface area contributed by atoms with Gasteiger partial charge in [-0.3, -0.25) is 4.79 Å². The predicted octanol–water partition coefficient (Wildman–Crippen LogP) is 4.39. The fourth-order valence-corrected chi connectivity index (χ4v) is 3.06. The molecule has 0 amide bonds. The van der Waals surface area contributed by atoms with Gasteiger partial charge in [-0.05, 0) is 30.0 Å². The molecule has 1 heterocycles. The van der Waals surface area contributed by atoms with E-state index in [1.165, 1.54) is 12.0 Å². The highest BCUT2D eigenvalue weighted by Gasteiger charge is 2.27. The first-order chi connectivity index (χ1) is 10.6. The lowest BCUT2D eigenvalue weighted by molar-refractivity contribution is -0.192. The van der Waals surface area contributed by atoms with Gasteiger partial charge in [0, 0.05) is 10.4 Å². The molecule has 2 rings (SSSR count). The highest BCUT2D eigenvalue weighted by atomic mass is 79.9. The van der Waals surface area contributed by atoms with Crippen molar-refractivity contribution in [3.8, 4) is 0 Å². The van der Waals surface area contributed by atoms with Gasteiger partial charge in [-0.15, -0.1) is 0 Å². The summed E-state index contributed by atoms with van der Waals surface area (Å²) in [4.78, 5) is 11.2. The van der Waals surface area contributed by atoms with Crippen LogP contribution in [0.3, 0.4) is 0 Å². The van der Waals surface area contributed by atoms with E-state index in [2.05, 4.69) is 60.1 Å². The van der Waals surface area contributed by atoms with Crippen molar-refractivity contribution in [3.05, 3.63) is 46.0 Å². The van der Waals surface area contributed by atoms with Gasteiger partial charge in [-0.25, -0.2) is 0 Å². The Bertz CT molecular complexity index is 529. The molecule has 1 aliphatic heterocycles. The second-order valence-electron chi connectivity index (χ2n) is 5.64. The zero-order valence-electron chi connectivity index (χ0n) is 13.2. The van der Waals surface area contributed by atoms with E-state index in [9.17, 15) is 4.79 Å². The van der Waals surface area contributed by atoms with Crippen LogP contribution in [0.1, 0.15) is 43.7 Å². The lowest BCUT2D eigenvalue weighted by Gasteiger charge is -2.28. The quantitative estimate of drug-likeness (QED) is 0.700. The van der Waals surface area contributed by atoms with Gasteiger partial charge < -0.3 is 9.47 Å². The van der Waals surface area contributed by atoms with Gasteiger partial charge in [0.2, 0.25) is 0 Å². The number of benzene rings is 1. The summed E-state index contributed by atoms with van der Waals surface area (Å²) in [5.41, 5.74) is 2.42. The highest BCUT2D eigenvalue weighted by molar-refractivity contribution is 9.10. The van der Waals surface area contributed by atoms with Crippen LogP contribution >= 0.6 is 15.9 Å². The van der Waals surface area contributed by atoms with E-state index in [1.807, 2.05) is 0 Å². The molecule has 0 radical (unpaired) electrons. The van der Waals surface area contributed by atoms with E-state index in [-0.39, 0.29) is 31.2 Å². The summed E-state index contributed by atoms with van der Waals surface area (Å²) in [6.07, 6.45) is 7.31. The molecule has 1 unspecified atom stereocenters.